The van der Waals surface area contributed by atoms with Crippen molar-refractivity contribution in [1.82, 2.24) is 20.2 Å². The Kier molecular flexibility index (Phi) is 3.57. The Morgan fingerprint density at radius 1 is 1.21 bits per heavy atom. The number of hydrogen-bond donors (Lipinski definition) is 1. The van der Waals surface area contributed by atoms with Crippen molar-refractivity contribution in [3.8, 4) is 0 Å². The van der Waals surface area contributed by atoms with Gasteiger partial charge >= 0.3 is 0 Å². The molecule has 3 heterocycles. The van der Waals surface area contributed by atoms with E-state index in [-0.39, 0.29) is 12.0 Å². The molecule has 122 valence electrons. The number of benzene rings is 1. The summed E-state index contributed by atoms with van der Waals surface area (Å²) in [5.41, 5.74) is 8.24. The summed E-state index contributed by atoms with van der Waals surface area (Å²) >= 11 is 6.06. The number of nitrogens with zero attached hydrogens (tertiary/aromatic N) is 5. The van der Waals surface area contributed by atoms with Crippen LogP contribution in [0.5, 0.6) is 0 Å². The van der Waals surface area contributed by atoms with Crippen LogP contribution < -0.4 is 10.6 Å². The zero-order valence-electron chi connectivity index (χ0n) is 13.0. The molecule has 0 spiro atoms. The summed E-state index contributed by atoms with van der Waals surface area (Å²) in [5, 5.41) is 8.45. The van der Waals surface area contributed by atoms with Crippen molar-refractivity contribution >= 4 is 23.4 Å². The molecule has 0 bridgehead atoms. The fourth-order valence-corrected chi connectivity index (χ4v) is 3.19. The molecule has 2 N–H and O–H groups in total. The van der Waals surface area contributed by atoms with Gasteiger partial charge in [0.05, 0.1) is 0 Å². The molecule has 1 aliphatic heterocycles. The number of fused-ring (bicyclic) bond motifs is 1. The Morgan fingerprint density at radius 2 is 2.00 bits per heavy atom. The minimum Gasteiger partial charge on any atom is -0.423 e. The molecule has 4 rings (SSSR count). The van der Waals surface area contributed by atoms with E-state index in [0.29, 0.717) is 29.3 Å². The van der Waals surface area contributed by atoms with Gasteiger partial charge < -0.3 is 15.1 Å². The second kappa shape index (κ2) is 5.76. The van der Waals surface area contributed by atoms with Gasteiger partial charge in [-0.3, -0.25) is 0 Å². The molecule has 0 radical (unpaired) electrons. The van der Waals surface area contributed by atoms with Crippen LogP contribution in [0.15, 0.2) is 34.7 Å². The topological polar surface area (TPSA) is 94.0 Å². The highest BCUT2D eigenvalue weighted by atomic mass is 35.5. The highest BCUT2D eigenvalue weighted by Gasteiger charge is 2.32. The second-order valence-electron chi connectivity index (χ2n) is 5.68. The van der Waals surface area contributed by atoms with Crippen molar-refractivity contribution < 1.29 is 4.42 Å². The normalized spacial score (nSPS) is 16.9. The van der Waals surface area contributed by atoms with Gasteiger partial charge in [-0.15, -0.1) is 10.2 Å². The number of aromatic nitrogens is 4. The summed E-state index contributed by atoms with van der Waals surface area (Å²) in [5.74, 6) is 1.86. The first-order valence-corrected chi connectivity index (χ1v) is 7.91. The van der Waals surface area contributed by atoms with Crippen LogP contribution in [-0.4, -0.2) is 20.2 Å². The third-order valence-electron chi connectivity index (χ3n) is 4.07. The van der Waals surface area contributed by atoms with E-state index in [4.69, 9.17) is 21.8 Å². The van der Waals surface area contributed by atoms with Gasteiger partial charge in [-0.05, 0) is 11.1 Å². The Hall–Kier alpha value is -2.67. The maximum Gasteiger partial charge on any atom is 0.239 e. The minimum absolute atomic E-state index is 0.133. The maximum absolute atomic E-state index is 6.06. The molecule has 0 amide bonds. The minimum atomic E-state index is -0.133. The van der Waals surface area contributed by atoms with Crippen LogP contribution in [0.25, 0.3) is 0 Å². The molecule has 0 saturated heterocycles. The molecule has 1 aromatic carbocycles. The molecule has 7 nitrogen and oxygen atoms in total. The molecule has 0 saturated carbocycles. The zero-order chi connectivity index (χ0) is 16.7. The summed E-state index contributed by atoms with van der Waals surface area (Å²) in [6.07, 6.45) is 0.735. The molecule has 3 aromatic rings. The van der Waals surface area contributed by atoms with Crippen molar-refractivity contribution in [1.29, 1.82) is 0 Å². The number of anilines is 2. The fraction of sp³-hybridized carbons (Fsp3) is 0.250. The van der Waals surface area contributed by atoms with Crippen LogP contribution >= 0.6 is 11.6 Å². The highest BCUT2D eigenvalue weighted by Crippen LogP contribution is 2.36. The Morgan fingerprint density at radius 3 is 2.71 bits per heavy atom. The first-order valence-electron chi connectivity index (χ1n) is 7.53. The molecule has 1 aliphatic rings. The standard InChI is InChI=1S/C16H15ClN6O/c1-9-21-22-15(24-9)12-6-10-4-2-3-5-11(10)8-23(12)14-7-13(17)19-16(18)20-14/h2-5,7,12H,6,8H2,1H3,(H2,18,19,20). The first kappa shape index (κ1) is 14.9. The number of aryl methyl sites for hydroxylation is 1. The van der Waals surface area contributed by atoms with Crippen molar-refractivity contribution in [2.75, 3.05) is 10.6 Å². The van der Waals surface area contributed by atoms with Gasteiger partial charge in [0, 0.05) is 26.0 Å². The van der Waals surface area contributed by atoms with Gasteiger partial charge in [0.2, 0.25) is 17.7 Å². The van der Waals surface area contributed by atoms with E-state index in [0.717, 1.165) is 6.42 Å². The molecule has 0 aliphatic carbocycles. The molecular formula is C16H15ClN6O. The van der Waals surface area contributed by atoms with Crippen LogP contribution in [0.3, 0.4) is 0 Å². The summed E-state index contributed by atoms with van der Waals surface area (Å²) in [4.78, 5) is 10.3. The number of nitrogen functional groups attached to an aromatic ring is 1. The lowest BCUT2D eigenvalue weighted by molar-refractivity contribution is 0.403. The van der Waals surface area contributed by atoms with Crippen LogP contribution in [0, 0.1) is 6.92 Å². The first-order chi connectivity index (χ1) is 11.6. The van der Waals surface area contributed by atoms with Crippen molar-refractivity contribution in [3.63, 3.8) is 0 Å². The van der Waals surface area contributed by atoms with Crippen LogP contribution in [0.1, 0.15) is 29.0 Å². The number of nitrogens with two attached hydrogens (primary N) is 1. The SMILES string of the molecule is Cc1nnc(C2Cc3ccccc3CN2c2cc(Cl)nc(N)n2)o1. The fourth-order valence-electron chi connectivity index (χ4n) is 3.00. The number of rotatable bonds is 2. The average molecular weight is 343 g/mol. The van der Waals surface area contributed by atoms with Crippen LogP contribution in [0.4, 0.5) is 11.8 Å². The van der Waals surface area contributed by atoms with E-state index < -0.39 is 0 Å². The summed E-state index contributed by atoms with van der Waals surface area (Å²) < 4.78 is 5.68. The van der Waals surface area contributed by atoms with E-state index in [9.17, 15) is 0 Å². The molecule has 0 fully saturated rings. The predicted molar refractivity (Wildman–Crippen MR) is 89.6 cm³/mol. The van der Waals surface area contributed by atoms with Crippen molar-refractivity contribution in [2.45, 2.75) is 25.9 Å². The summed E-state index contributed by atoms with van der Waals surface area (Å²) in [7, 11) is 0. The van der Waals surface area contributed by atoms with E-state index >= 15 is 0 Å². The van der Waals surface area contributed by atoms with Gasteiger partial charge in [-0.1, -0.05) is 35.9 Å². The van der Waals surface area contributed by atoms with E-state index in [1.165, 1.54) is 11.1 Å². The zero-order valence-corrected chi connectivity index (χ0v) is 13.7. The van der Waals surface area contributed by atoms with Crippen LogP contribution in [0.2, 0.25) is 5.15 Å². The van der Waals surface area contributed by atoms with Crippen LogP contribution in [-0.2, 0) is 13.0 Å². The molecule has 24 heavy (non-hydrogen) atoms. The van der Waals surface area contributed by atoms with Gasteiger partial charge in [-0.25, -0.2) is 4.98 Å². The monoisotopic (exact) mass is 342 g/mol. The number of halogens is 1. The Bertz CT molecular complexity index is 876. The second-order valence-corrected chi connectivity index (χ2v) is 6.07. The smallest absolute Gasteiger partial charge is 0.239 e. The average Bonchev–Trinajstić information content (AvgIpc) is 2.99. The van der Waals surface area contributed by atoms with Gasteiger partial charge in [0.1, 0.15) is 17.0 Å². The molecule has 2 aromatic heterocycles. The quantitative estimate of drug-likeness (QED) is 0.715. The Labute approximate surface area is 143 Å². The molecule has 1 atom stereocenters. The lowest BCUT2D eigenvalue weighted by Gasteiger charge is -2.35. The number of hydrogen-bond acceptors (Lipinski definition) is 7. The van der Waals surface area contributed by atoms with Crippen molar-refractivity contribution in [3.05, 3.63) is 58.4 Å². The third-order valence-corrected chi connectivity index (χ3v) is 4.26. The molecule has 1 unspecified atom stereocenters. The predicted octanol–water partition coefficient (Wildman–Crippen LogP) is 2.71. The highest BCUT2D eigenvalue weighted by molar-refractivity contribution is 6.29. The summed E-state index contributed by atoms with van der Waals surface area (Å²) in [6, 6.07) is 9.84. The molecular weight excluding hydrogens is 328 g/mol. The van der Waals surface area contributed by atoms with Gasteiger partial charge in [0.15, 0.2) is 0 Å². The molecule has 8 heteroatoms. The van der Waals surface area contributed by atoms with E-state index in [2.05, 4.69) is 37.2 Å². The van der Waals surface area contributed by atoms with E-state index in [1.807, 2.05) is 12.1 Å². The lowest BCUT2D eigenvalue weighted by Crippen LogP contribution is -2.35. The maximum atomic E-state index is 6.06. The van der Waals surface area contributed by atoms with Gasteiger partial charge in [0.25, 0.3) is 0 Å². The van der Waals surface area contributed by atoms with Crippen molar-refractivity contribution in [2.24, 2.45) is 0 Å². The van der Waals surface area contributed by atoms with E-state index in [1.54, 1.807) is 13.0 Å². The largest absolute Gasteiger partial charge is 0.423 e. The lowest BCUT2D eigenvalue weighted by atomic mass is 9.94. The van der Waals surface area contributed by atoms with Gasteiger partial charge in [-0.2, -0.15) is 4.98 Å². The Balaban J connectivity index is 1.81. The third kappa shape index (κ3) is 2.67. The summed E-state index contributed by atoms with van der Waals surface area (Å²) in [6.45, 7) is 2.42.